The summed E-state index contributed by atoms with van der Waals surface area (Å²) in [6, 6.07) is 7.95. The number of hydrogen-bond acceptors (Lipinski definition) is 2. The first-order chi connectivity index (χ1) is 10.7. The highest BCUT2D eigenvalue weighted by Gasteiger charge is 2.25. The number of fused-ring (bicyclic) bond motifs is 1. The number of benzene rings is 1. The summed E-state index contributed by atoms with van der Waals surface area (Å²) in [5, 5.41) is 1.14. The summed E-state index contributed by atoms with van der Waals surface area (Å²) in [4.78, 5) is 12.6. The van der Waals surface area contributed by atoms with Gasteiger partial charge in [-0.3, -0.25) is 0 Å². The van der Waals surface area contributed by atoms with Crippen LogP contribution in [-0.2, 0) is 9.53 Å². The zero-order valence-electron chi connectivity index (χ0n) is 12.9. The molecule has 1 aromatic carbocycles. The smallest absolute Gasteiger partial charge is 0.329 e. The molecule has 1 aliphatic rings. The third-order valence-electron chi connectivity index (χ3n) is 4.51. The highest BCUT2D eigenvalue weighted by molar-refractivity contribution is 9.10. The van der Waals surface area contributed by atoms with Gasteiger partial charge in [-0.2, -0.15) is 0 Å². The Morgan fingerprint density at radius 1 is 1.32 bits per heavy atom. The van der Waals surface area contributed by atoms with Crippen molar-refractivity contribution in [1.29, 1.82) is 0 Å². The Hall–Kier alpha value is -1.29. The van der Waals surface area contributed by atoms with Crippen LogP contribution in [0.5, 0.6) is 0 Å². The lowest BCUT2D eigenvalue weighted by Crippen LogP contribution is -2.27. The minimum atomic E-state index is -0.236. The Morgan fingerprint density at radius 2 is 2.09 bits per heavy atom. The van der Waals surface area contributed by atoms with Crippen molar-refractivity contribution in [2.24, 2.45) is 0 Å². The summed E-state index contributed by atoms with van der Waals surface area (Å²) in [5.74, 6) is -0.0881. The summed E-state index contributed by atoms with van der Waals surface area (Å²) >= 11 is 3.49. The Morgan fingerprint density at radius 3 is 2.82 bits per heavy atom. The standard InChI is InChI=1S/C18H22BrNO2/c1-2-16(18(21)22-15-6-4-3-5-7-15)20-11-10-13-12-14(19)8-9-17(13)20/h8-12,15-16H,2-7H2,1H3. The molecule has 0 aliphatic heterocycles. The molecule has 118 valence electrons. The van der Waals surface area contributed by atoms with Crippen LogP contribution in [0.1, 0.15) is 51.5 Å². The van der Waals surface area contributed by atoms with Gasteiger partial charge in [0.2, 0.25) is 0 Å². The SMILES string of the molecule is CCC(C(=O)OC1CCCCC1)n1ccc2cc(Br)ccc21. The molecule has 1 saturated carbocycles. The number of carbonyl (C=O) groups excluding carboxylic acids is 1. The van der Waals surface area contributed by atoms with Crippen molar-refractivity contribution in [2.75, 3.05) is 0 Å². The van der Waals surface area contributed by atoms with Gasteiger partial charge in [0.25, 0.3) is 0 Å². The van der Waals surface area contributed by atoms with Crippen LogP contribution >= 0.6 is 15.9 Å². The largest absolute Gasteiger partial charge is 0.461 e. The number of esters is 1. The van der Waals surface area contributed by atoms with Gasteiger partial charge in [0.05, 0.1) is 0 Å². The minimum Gasteiger partial charge on any atom is -0.461 e. The van der Waals surface area contributed by atoms with Crippen molar-refractivity contribution in [3.05, 3.63) is 34.9 Å². The topological polar surface area (TPSA) is 31.2 Å². The molecule has 0 spiro atoms. The van der Waals surface area contributed by atoms with E-state index in [4.69, 9.17) is 4.74 Å². The van der Waals surface area contributed by atoms with Gasteiger partial charge >= 0.3 is 5.97 Å². The Labute approximate surface area is 139 Å². The van der Waals surface area contributed by atoms with Crippen LogP contribution < -0.4 is 0 Å². The average Bonchev–Trinajstić information content (AvgIpc) is 2.92. The van der Waals surface area contributed by atoms with Crippen molar-refractivity contribution in [3.63, 3.8) is 0 Å². The van der Waals surface area contributed by atoms with Crippen LogP contribution in [0.25, 0.3) is 10.9 Å². The van der Waals surface area contributed by atoms with Crippen LogP contribution in [0.4, 0.5) is 0 Å². The molecule has 4 heteroatoms. The summed E-state index contributed by atoms with van der Waals surface area (Å²) in [6.07, 6.45) is 8.50. The molecule has 3 nitrogen and oxygen atoms in total. The fourth-order valence-corrected chi connectivity index (χ4v) is 3.69. The van der Waals surface area contributed by atoms with Crippen molar-refractivity contribution >= 4 is 32.8 Å². The second-order valence-electron chi connectivity index (χ2n) is 6.05. The third kappa shape index (κ3) is 3.22. The van der Waals surface area contributed by atoms with E-state index < -0.39 is 0 Å². The number of rotatable bonds is 4. The fourth-order valence-electron chi connectivity index (χ4n) is 3.31. The first kappa shape index (κ1) is 15.6. The van der Waals surface area contributed by atoms with E-state index >= 15 is 0 Å². The first-order valence-corrected chi connectivity index (χ1v) is 8.95. The molecule has 1 aliphatic carbocycles. The molecule has 0 radical (unpaired) electrons. The molecule has 1 heterocycles. The molecule has 1 fully saturated rings. The van der Waals surface area contributed by atoms with E-state index in [1.807, 2.05) is 23.8 Å². The Bertz CT molecular complexity index is 658. The van der Waals surface area contributed by atoms with Gasteiger partial charge in [-0.1, -0.05) is 29.3 Å². The lowest BCUT2D eigenvalue weighted by molar-refractivity contribution is -0.154. The number of carbonyl (C=O) groups is 1. The van der Waals surface area contributed by atoms with Crippen LogP contribution in [-0.4, -0.2) is 16.6 Å². The summed E-state index contributed by atoms with van der Waals surface area (Å²) in [6.45, 7) is 2.04. The molecular weight excluding hydrogens is 342 g/mol. The molecule has 1 atom stereocenters. The second-order valence-corrected chi connectivity index (χ2v) is 6.96. The van der Waals surface area contributed by atoms with Crippen LogP contribution in [0, 0.1) is 0 Å². The van der Waals surface area contributed by atoms with E-state index in [-0.39, 0.29) is 18.1 Å². The molecule has 1 unspecified atom stereocenters. The van der Waals surface area contributed by atoms with E-state index in [1.165, 1.54) is 19.3 Å². The Balaban J connectivity index is 1.81. The summed E-state index contributed by atoms with van der Waals surface area (Å²) < 4.78 is 8.87. The minimum absolute atomic E-state index is 0.0881. The number of nitrogens with zero attached hydrogens (tertiary/aromatic N) is 1. The quantitative estimate of drug-likeness (QED) is 0.696. The third-order valence-corrected chi connectivity index (χ3v) is 5.01. The number of hydrogen-bond donors (Lipinski definition) is 0. The zero-order valence-corrected chi connectivity index (χ0v) is 14.5. The van der Waals surface area contributed by atoms with Crippen LogP contribution in [0.2, 0.25) is 0 Å². The maximum absolute atomic E-state index is 12.6. The lowest BCUT2D eigenvalue weighted by Gasteiger charge is -2.25. The second kappa shape index (κ2) is 6.86. The van der Waals surface area contributed by atoms with E-state index in [0.29, 0.717) is 0 Å². The highest BCUT2D eigenvalue weighted by Crippen LogP contribution is 2.27. The van der Waals surface area contributed by atoms with E-state index in [1.54, 1.807) is 0 Å². The predicted molar refractivity (Wildman–Crippen MR) is 91.9 cm³/mol. The number of halogens is 1. The summed E-state index contributed by atoms with van der Waals surface area (Å²) in [5.41, 5.74) is 1.08. The van der Waals surface area contributed by atoms with Crippen LogP contribution in [0.15, 0.2) is 34.9 Å². The molecule has 3 rings (SSSR count). The van der Waals surface area contributed by atoms with Gasteiger partial charge in [0, 0.05) is 21.6 Å². The maximum Gasteiger partial charge on any atom is 0.329 e. The van der Waals surface area contributed by atoms with Crippen LogP contribution in [0.3, 0.4) is 0 Å². The number of ether oxygens (including phenoxy) is 1. The maximum atomic E-state index is 12.6. The molecule has 0 N–H and O–H groups in total. The molecule has 0 amide bonds. The predicted octanol–water partition coefficient (Wildman–Crippen LogP) is 5.23. The van der Waals surface area contributed by atoms with E-state index in [2.05, 4.69) is 34.1 Å². The first-order valence-electron chi connectivity index (χ1n) is 8.15. The van der Waals surface area contributed by atoms with Crippen molar-refractivity contribution in [2.45, 2.75) is 57.6 Å². The van der Waals surface area contributed by atoms with Gasteiger partial charge in [0.1, 0.15) is 12.1 Å². The fraction of sp³-hybridized carbons (Fsp3) is 0.500. The van der Waals surface area contributed by atoms with Gasteiger partial charge in [0.15, 0.2) is 0 Å². The Kier molecular flexibility index (Phi) is 4.87. The molecule has 1 aromatic heterocycles. The molecule has 22 heavy (non-hydrogen) atoms. The lowest BCUT2D eigenvalue weighted by atomic mass is 9.98. The molecule has 2 aromatic rings. The molecular formula is C18H22BrNO2. The van der Waals surface area contributed by atoms with Crippen molar-refractivity contribution in [3.8, 4) is 0 Å². The number of aromatic nitrogens is 1. The van der Waals surface area contributed by atoms with Gasteiger partial charge in [-0.25, -0.2) is 4.79 Å². The molecule has 0 saturated heterocycles. The normalized spacial score (nSPS) is 17.5. The van der Waals surface area contributed by atoms with Gasteiger partial charge in [-0.15, -0.1) is 0 Å². The van der Waals surface area contributed by atoms with Gasteiger partial charge < -0.3 is 9.30 Å². The monoisotopic (exact) mass is 363 g/mol. The zero-order chi connectivity index (χ0) is 15.5. The highest BCUT2D eigenvalue weighted by atomic mass is 79.9. The van der Waals surface area contributed by atoms with Gasteiger partial charge in [-0.05, 0) is 56.4 Å². The van der Waals surface area contributed by atoms with Crippen molar-refractivity contribution in [1.82, 2.24) is 4.57 Å². The van der Waals surface area contributed by atoms with Crippen molar-refractivity contribution < 1.29 is 9.53 Å². The van der Waals surface area contributed by atoms with E-state index in [0.717, 1.165) is 34.6 Å². The summed E-state index contributed by atoms with van der Waals surface area (Å²) in [7, 11) is 0. The van der Waals surface area contributed by atoms with E-state index in [9.17, 15) is 4.79 Å². The average molecular weight is 364 g/mol. The molecule has 0 bridgehead atoms.